The van der Waals surface area contributed by atoms with Gasteiger partial charge in [-0.05, 0) is 54.8 Å². The number of carbonyl (C=O) groups is 3. The number of hydrogen-bond donors (Lipinski definition) is 4. The van der Waals surface area contributed by atoms with Gasteiger partial charge < -0.3 is 31.4 Å². The van der Waals surface area contributed by atoms with Crippen LogP contribution in [0.3, 0.4) is 0 Å². The number of rotatable bonds is 8. The van der Waals surface area contributed by atoms with Gasteiger partial charge in [-0.2, -0.15) is 0 Å². The van der Waals surface area contributed by atoms with Crippen molar-refractivity contribution in [2.24, 2.45) is 0 Å². The highest BCUT2D eigenvalue weighted by molar-refractivity contribution is 7.14. The Kier molecular flexibility index (Phi) is 8.06. The monoisotopic (exact) mass is 537 g/mol. The maximum atomic E-state index is 13.7. The molecule has 0 saturated heterocycles. The summed E-state index contributed by atoms with van der Waals surface area (Å²) in [7, 11) is 1.44. The molecule has 0 saturated carbocycles. The average Bonchev–Trinajstić information content (AvgIpc) is 3.35. The Morgan fingerprint density at radius 2 is 2.00 bits per heavy atom. The molecule has 1 aromatic heterocycles. The molecule has 2 aromatic carbocycles. The van der Waals surface area contributed by atoms with E-state index in [-0.39, 0.29) is 11.6 Å². The minimum absolute atomic E-state index is 0.212. The quantitative estimate of drug-likeness (QED) is 0.256. The molecule has 1 atom stereocenters. The van der Waals surface area contributed by atoms with Crippen LogP contribution in [0.2, 0.25) is 0 Å². The summed E-state index contributed by atoms with van der Waals surface area (Å²) in [6.45, 7) is 2.59. The van der Waals surface area contributed by atoms with Gasteiger partial charge in [0.15, 0.2) is 0 Å². The zero-order valence-electron chi connectivity index (χ0n) is 21.0. The molecule has 0 spiro atoms. The summed E-state index contributed by atoms with van der Waals surface area (Å²) in [5.41, 5.74) is 8.03. The van der Waals surface area contributed by atoms with Crippen molar-refractivity contribution < 1.29 is 23.5 Å². The van der Waals surface area contributed by atoms with Crippen molar-refractivity contribution >= 4 is 46.6 Å². The summed E-state index contributed by atoms with van der Waals surface area (Å²) in [4.78, 5) is 42.1. The van der Waals surface area contributed by atoms with E-state index in [4.69, 9.17) is 15.9 Å². The number of nitrogens with two attached hydrogens (primary N) is 1. The first-order valence-electron chi connectivity index (χ1n) is 12.0. The third kappa shape index (κ3) is 5.67. The lowest BCUT2D eigenvalue weighted by molar-refractivity contribution is -0.134. The highest BCUT2D eigenvalue weighted by Crippen LogP contribution is 2.31. The molecule has 5 N–H and O–H groups in total. The van der Waals surface area contributed by atoms with E-state index >= 15 is 0 Å². The fourth-order valence-corrected chi connectivity index (χ4v) is 5.29. The van der Waals surface area contributed by atoms with Gasteiger partial charge >= 0.3 is 0 Å². The van der Waals surface area contributed by atoms with Gasteiger partial charge in [0.05, 0.1) is 17.7 Å². The van der Waals surface area contributed by atoms with Crippen molar-refractivity contribution in [1.82, 2.24) is 10.2 Å². The number of halogens is 1. The van der Waals surface area contributed by atoms with Crippen LogP contribution in [0.1, 0.15) is 49.4 Å². The van der Waals surface area contributed by atoms with E-state index in [1.54, 1.807) is 23.1 Å². The topological polar surface area (TPSA) is 138 Å². The van der Waals surface area contributed by atoms with E-state index in [9.17, 15) is 18.8 Å². The van der Waals surface area contributed by atoms with E-state index in [2.05, 4.69) is 10.6 Å². The number of methoxy groups -OCH3 is 1. The predicted octanol–water partition coefficient (Wildman–Crippen LogP) is 3.82. The van der Waals surface area contributed by atoms with E-state index in [1.165, 1.54) is 42.7 Å². The molecule has 1 aliphatic rings. The van der Waals surface area contributed by atoms with Crippen LogP contribution in [-0.4, -0.2) is 48.5 Å². The molecule has 1 aliphatic heterocycles. The van der Waals surface area contributed by atoms with E-state index in [0.717, 1.165) is 16.7 Å². The second kappa shape index (κ2) is 11.4. The Morgan fingerprint density at radius 3 is 2.71 bits per heavy atom. The second-order valence-corrected chi connectivity index (χ2v) is 9.93. The highest BCUT2D eigenvalue weighted by atomic mass is 32.1. The molecule has 0 aliphatic carbocycles. The number of nitrogens with one attached hydrogen (secondary N) is 3. The van der Waals surface area contributed by atoms with Crippen molar-refractivity contribution in [2.75, 3.05) is 24.7 Å². The molecular formula is C27H28FN5O4S. The fraction of sp³-hybridized carbons (Fsp3) is 0.259. The molecule has 38 heavy (non-hydrogen) atoms. The first-order valence-corrected chi connectivity index (χ1v) is 12.8. The molecular weight excluding hydrogens is 509 g/mol. The van der Waals surface area contributed by atoms with Crippen LogP contribution >= 0.6 is 11.3 Å². The van der Waals surface area contributed by atoms with Crippen LogP contribution in [0.25, 0.3) is 0 Å². The zero-order valence-corrected chi connectivity index (χ0v) is 21.8. The van der Waals surface area contributed by atoms with E-state index < -0.39 is 23.7 Å². The fourth-order valence-electron chi connectivity index (χ4n) is 4.24. The van der Waals surface area contributed by atoms with Crippen LogP contribution in [0.4, 0.5) is 15.8 Å². The summed E-state index contributed by atoms with van der Waals surface area (Å²) < 4.78 is 18.9. The van der Waals surface area contributed by atoms with Crippen molar-refractivity contribution in [1.29, 1.82) is 5.41 Å². The third-order valence-corrected chi connectivity index (χ3v) is 7.56. The molecule has 0 fully saturated rings. The number of carbonyl (C=O) groups excluding carboxylic acids is 3. The summed E-state index contributed by atoms with van der Waals surface area (Å²) in [5.74, 6) is -1.18. The Morgan fingerprint density at radius 1 is 1.21 bits per heavy atom. The van der Waals surface area contributed by atoms with Crippen LogP contribution < -0.4 is 21.1 Å². The first-order chi connectivity index (χ1) is 18.2. The summed E-state index contributed by atoms with van der Waals surface area (Å²) in [6.07, 6.45) is 2.05. The average molecular weight is 538 g/mol. The first kappa shape index (κ1) is 26.8. The Hall–Kier alpha value is -4.25. The molecule has 4 rings (SSSR count). The predicted molar refractivity (Wildman–Crippen MR) is 145 cm³/mol. The molecule has 11 heteroatoms. The largest absolute Gasteiger partial charge is 0.495 e. The Bertz CT molecular complexity index is 1410. The van der Waals surface area contributed by atoms with Crippen molar-refractivity contribution in [3.8, 4) is 5.75 Å². The number of amides is 3. The van der Waals surface area contributed by atoms with Crippen molar-refractivity contribution in [3.05, 3.63) is 74.7 Å². The van der Waals surface area contributed by atoms with Gasteiger partial charge in [0.1, 0.15) is 17.6 Å². The molecule has 9 nitrogen and oxygen atoms in total. The van der Waals surface area contributed by atoms with Crippen LogP contribution in [0.5, 0.6) is 5.75 Å². The Labute approximate surface area is 223 Å². The Balaban J connectivity index is 1.43. The van der Waals surface area contributed by atoms with Crippen LogP contribution in [0.15, 0.2) is 42.5 Å². The standard InChI is InChI=1S/C27H28FN5O4S/c1-3-20(31-25(34)15-4-6-19(30)16(10-15)13-29)27(36)33-9-8-23-17(14-33)11-24(38-23)26(35)32-21-12-18(28)5-7-22(21)37-2/h4-7,10-13,20,29H,3,8-9,14,30H2,1-2H3,(H,31,34)(H,32,35)/t20-/m1/s1. The number of thiophene rings is 1. The number of nitrogens with zero attached hydrogens (tertiary/aromatic N) is 1. The third-order valence-electron chi connectivity index (χ3n) is 6.33. The molecule has 2 heterocycles. The summed E-state index contributed by atoms with van der Waals surface area (Å²) >= 11 is 1.34. The lowest BCUT2D eigenvalue weighted by Crippen LogP contribution is -2.49. The van der Waals surface area contributed by atoms with Gasteiger partial charge in [-0.15, -0.1) is 11.3 Å². The van der Waals surface area contributed by atoms with E-state index in [0.29, 0.717) is 53.4 Å². The SMILES string of the molecule is CC[C@@H](NC(=O)c1ccc(N)c(C=N)c1)C(=O)N1CCc2sc(C(=O)Nc3cc(F)ccc3OC)cc2C1. The molecule has 0 unspecified atom stereocenters. The summed E-state index contributed by atoms with van der Waals surface area (Å²) in [6, 6.07) is 9.52. The number of nitrogen functional groups attached to an aromatic ring is 1. The molecule has 0 radical (unpaired) electrons. The molecule has 0 bridgehead atoms. The summed E-state index contributed by atoms with van der Waals surface area (Å²) in [5, 5.41) is 12.9. The minimum Gasteiger partial charge on any atom is -0.495 e. The number of benzene rings is 2. The van der Waals surface area contributed by atoms with Gasteiger partial charge in [0.2, 0.25) is 5.91 Å². The van der Waals surface area contributed by atoms with Gasteiger partial charge in [-0.25, -0.2) is 4.39 Å². The number of anilines is 2. The minimum atomic E-state index is -0.730. The van der Waals surface area contributed by atoms with Crippen molar-refractivity contribution in [3.63, 3.8) is 0 Å². The molecule has 3 aromatic rings. The number of hydrogen-bond acceptors (Lipinski definition) is 7. The lowest BCUT2D eigenvalue weighted by Gasteiger charge is -2.30. The number of ether oxygens (including phenoxy) is 1. The molecule has 198 valence electrons. The maximum Gasteiger partial charge on any atom is 0.265 e. The smallest absolute Gasteiger partial charge is 0.265 e. The molecule has 3 amide bonds. The lowest BCUT2D eigenvalue weighted by atomic mass is 10.1. The number of fused-ring (bicyclic) bond motifs is 1. The van der Waals surface area contributed by atoms with Gasteiger partial charge in [-0.1, -0.05) is 6.92 Å². The van der Waals surface area contributed by atoms with Gasteiger partial charge in [0, 0.05) is 47.1 Å². The highest BCUT2D eigenvalue weighted by Gasteiger charge is 2.29. The maximum absolute atomic E-state index is 13.7. The zero-order chi connectivity index (χ0) is 27.4. The van der Waals surface area contributed by atoms with E-state index in [1.807, 2.05) is 6.92 Å². The second-order valence-electron chi connectivity index (χ2n) is 8.79. The van der Waals surface area contributed by atoms with Crippen molar-refractivity contribution in [2.45, 2.75) is 32.4 Å². The van der Waals surface area contributed by atoms with Gasteiger partial charge in [-0.3, -0.25) is 14.4 Å². The normalized spacial score (nSPS) is 13.3. The van der Waals surface area contributed by atoms with Gasteiger partial charge in [0.25, 0.3) is 11.8 Å². The van der Waals surface area contributed by atoms with Crippen LogP contribution in [-0.2, 0) is 17.8 Å². The van der Waals surface area contributed by atoms with Crippen LogP contribution in [0, 0.1) is 11.2 Å².